The maximum Gasteiger partial charge on any atom is 0.0795 e. The molecule has 2 heteroatoms. The molecular formula is C31H21NS. The number of pyridine rings is 1. The first-order valence-corrected chi connectivity index (χ1v) is 11.9. The summed E-state index contributed by atoms with van der Waals surface area (Å²) in [6.07, 6.45) is 2.05. The monoisotopic (exact) mass is 439 g/mol. The van der Waals surface area contributed by atoms with Crippen molar-refractivity contribution in [2.75, 3.05) is 0 Å². The first-order chi connectivity index (χ1) is 16.4. The lowest BCUT2D eigenvalue weighted by Gasteiger charge is -2.11. The van der Waals surface area contributed by atoms with E-state index in [0.717, 1.165) is 11.3 Å². The van der Waals surface area contributed by atoms with Crippen molar-refractivity contribution in [2.45, 2.75) is 0 Å². The van der Waals surface area contributed by atoms with Gasteiger partial charge in [-0.2, -0.15) is 0 Å². The minimum absolute atomic E-state index is 1.03. The van der Waals surface area contributed by atoms with Crippen LogP contribution < -0.4 is 0 Å². The van der Waals surface area contributed by atoms with Gasteiger partial charge < -0.3 is 0 Å². The Bertz CT molecular complexity index is 1400. The van der Waals surface area contributed by atoms with E-state index in [-0.39, 0.29) is 0 Å². The Morgan fingerprint density at radius 2 is 0.848 bits per heavy atom. The van der Waals surface area contributed by atoms with Gasteiger partial charge in [0.25, 0.3) is 0 Å². The van der Waals surface area contributed by atoms with Crippen molar-refractivity contribution in [3.05, 3.63) is 128 Å². The van der Waals surface area contributed by atoms with Crippen LogP contribution >= 0.6 is 11.3 Å². The fourth-order valence-corrected chi connectivity index (χ4v) is 5.74. The Hall–Kier alpha value is -4.01. The minimum Gasteiger partial charge on any atom is -0.255 e. The quantitative estimate of drug-likeness (QED) is 0.267. The summed E-state index contributed by atoms with van der Waals surface area (Å²) in [6, 6.07) is 42.5. The van der Waals surface area contributed by atoms with E-state index in [1.165, 1.54) is 42.8 Å². The smallest absolute Gasteiger partial charge is 0.0795 e. The minimum atomic E-state index is 1.03. The van der Waals surface area contributed by atoms with E-state index < -0.39 is 0 Å². The van der Waals surface area contributed by atoms with E-state index in [9.17, 15) is 0 Å². The van der Waals surface area contributed by atoms with Crippen LogP contribution in [0, 0.1) is 0 Å². The standard InChI is InChI=1S/C31H21NS/c1-5-13-22(14-6-1)26-21-32-29(23-15-7-2-8-16-23)28-27(26)30(24-17-9-3-10-18-24)33-31(28)25-19-11-4-12-20-25/h1-21H. The summed E-state index contributed by atoms with van der Waals surface area (Å²) in [5.41, 5.74) is 6.97. The van der Waals surface area contributed by atoms with Crippen molar-refractivity contribution in [1.29, 1.82) is 0 Å². The number of nitrogens with zero attached hydrogens (tertiary/aromatic N) is 1. The molecule has 0 aliphatic carbocycles. The number of hydrogen-bond donors (Lipinski definition) is 0. The average molecular weight is 440 g/mol. The van der Waals surface area contributed by atoms with Crippen LogP contribution in [0.5, 0.6) is 0 Å². The summed E-state index contributed by atoms with van der Waals surface area (Å²) >= 11 is 1.86. The predicted octanol–water partition coefficient (Wildman–Crippen LogP) is 8.96. The zero-order chi connectivity index (χ0) is 22.0. The van der Waals surface area contributed by atoms with E-state index in [0.29, 0.717) is 0 Å². The van der Waals surface area contributed by atoms with Crippen LogP contribution in [0.25, 0.3) is 54.0 Å². The first-order valence-electron chi connectivity index (χ1n) is 11.1. The highest BCUT2D eigenvalue weighted by atomic mass is 32.1. The third-order valence-corrected chi connectivity index (χ3v) is 7.23. The molecule has 0 spiro atoms. The van der Waals surface area contributed by atoms with Crippen molar-refractivity contribution >= 4 is 22.1 Å². The molecule has 156 valence electrons. The van der Waals surface area contributed by atoms with Gasteiger partial charge >= 0.3 is 0 Å². The van der Waals surface area contributed by atoms with Crippen molar-refractivity contribution in [3.63, 3.8) is 0 Å². The maximum absolute atomic E-state index is 5.05. The number of hydrogen-bond acceptors (Lipinski definition) is 2. The van der Waals surface area contributed by atoms with Crippen molar-refractivity contribution in [2.24, 2.45) is 0 Å². The molecule has 0 amide bonds. The lowest BCUT2D eigenvalue weighted by Crippen LogP contribution is -1.90. The third kappa shape index (κ3) is 3.55. The molecule has 6 rings (SSSR count). The van der Waals surface area contributed by atoms with Crippen LogP contribution in [-0.4, -0.2) is 4.98 Å². The van der Waals surface area contributed by atoms with Crippen molar-refractivity contribution < 1.29 is 0 Å². The molecule has 0 radical (unpaired) electrons. The molecule has 6 aromatic rings. The highest BCUT2D eigenvalue weighted by molar-refractivity contribution is 7.21. The van der Waals surface area contributed by atoms with E-state index in [4.69, 9.17) is 4.98 Å². The van der Waals surface area contributed by atoms with Crippen LogP contribution in [0.1, 0.15) is 0 Å². The van der Waals surface area contributed by atoms with Gasteiger partial charge in [-0.3, -0.25) is 4.98 Å². The largest absolute Gasteiger partial charge is 0.255 e. The topological polar surface area (TPSA) is 12.9 Å². The molecule has 0 aliphatic heterocycles. The fraction of sp³-hybridized carbons (Fsp3) is 0. The van der Waals surface area contributed by atoms with Gasteiger partial charge in [0.15, 0.2) is 0 Å². The lowest BCUT2D eigenvalue weighted by molar-refractivity contribution is 1.36. The van der Waals surface area contributed by atoms with Gasteiger partial charge in [0.05, 0.1) is 5.69 Å². The fourth-order valence-electron chi connectivity index (χ4n) is 4.41. The van der Waals surface area contributed by atoms with Gasteiger partial charge in [0.1, 0.15) is 0 Å². The summed E-state index contributed by atoms with van der Waals surface area (Å²) < 4.78 is 0. The molecule has 0 N–H and O–H groups in total. The second-order valence-electron chi connectivity index (χ2n) is 7.99. The Labute approximate surface area is 197 Å². The molecule has 1 nitrogen and oxygen atoms in total. The van der Waals surface area contributed by atoms with Crippen LogP contribution in [0.3, 0.4) is 0 Å². The number of benzene rings is 4. The second kappa shape index (κ2) is 8.50. The van der Waals surface area contributed by atoms with Crippen LogP contribution in [0.2, 0.25) is 0 Å². The van der Waals surface area contributed by atoms with Crippen LogP contribution in [-0.2, 0) is 0 Å². The highest BCUT2D eigenvalue weighted by Gasteiger charge is 2.22. The number of rotatable bonds is 4. The highest BCUT2D eigenvalue weighted by Crippen LogP contribution is 2.50. The van der Waals surface area contributed by atoms with Gasteiger partial charge in [-0.05, 0) is 16.7 Å². The van der Waals surface area contributed by atoms with Gasteiger partial charge in [-0.1, -0.05) is 121 Å². The molecule has 4 aromatic carbocycles. The molecule has 2 heterocycles. The Kier molecular flexibility index (Phi) is 5.06. The maximum atomic E-state index is 5.05. The summed E-state index contributed by atoms with van der Waals surface area (Å²) in [5, 5.41) is 2.49. The molecule has 0 unspecified atom stereocenters. The van der Waals surface area contributed by atoms with Crippen LogP contribution in [0.15, 0.2) is 128 Å². The third-order valence-electron chi connectivity index (χ3n) is 5.94. The molecule has 2 aromatic heterocycles. The molecule has 0 atom stereocenters. The lowest BCUT2D eigenvalue weighted by atomic mass is 9.94. The van der Waals surface area contributed by atoms with Crippen molar-refractivity contribution in [3.8, 4) is 43.3 Å². The first kappa shape index (κ1) is 19.7. The average Bonchev–Trinajstić information content (AvgIpc) is 3.31. The summed E-state index contributed by atoms with van der Waals surface area (Å²) in [7, 11) is 0. The van der Waals surface area contributed by atoms with Gasteiger partial charge in [-0.15, -0.1) is 11.3 Å². The Morgan fingerprint density at radius 3 is 1.36 bits per heavy atom. The number of aromatic nitrogens is 1. The van der Waals surface area contributed by atoms with E-state index >= 15 is 0 Å². The van der Waals surface area contributed by atoms with Gasteiger partial charge in [0, 0.05) is 37.9 Å². The van der Waals surface area contributed by atoms with E-state index in [1.54, 1.807) is 0 Å². The normalized spacial score (nSPS) is 11.0. The molecular weight excluding hydrogens is 418 g/mol. The molecule has 0 fully saturated rings. The zero-order valence-electron chi connectivity index (χ0n) is 18.0. The van der Waals surface area contributed by atoms with E-state index in [1.807, 2.05) is 17.5 Å². The molecule has 0 bridgehead atoms. The van der Waals surface area contributed by atoms with Crippen LogP contribution in [0.4, 0.5) is 0 Å². The number of thiophene rings is 1. The zero-order valence-corrected chi connectivity index (χ0v) is 18.8. The molecule has 0 saturated heterocycles. The second-order valence-corrected chi connectivity index (χ2v) is 9.02. The molecule has 0 saturated carbocycles. The van der Waals surface area contributed by atoms with Gasteiger partial charge in [-0.25, -0.2) is 0 Å². The van der Waals surface area contributed by atoms with Crippen molar-refractivity contribution in [1.82, 2.24) is 4.98 Å². The summed E-state index contributed by atoms with van der Waals surface area (Å²) in [6.45, 7) is 0. The predicted molar refractivity (Wildman–Crippen MR) is 141 cm³/mol. The summed E-state index contributed by atoms with van der Waals surface area (Å²) in [5.74, 6) is 0. The molecule has 0 aliphatic rings. The van der Waals surface area contributed by atoms with Gasteiger partial charge in [0.2, 0.25) is 0 Å². The Balaban J connectivity index is 1.79. The van der Waals surface area contributed by atoms with E-state index in [2.05, 4.69) is 121 Å². The number of fused-ring (bicyclic) bond motifs is 1. The molecule has 33 heavy (non-hydrogen) atoms. The summed E-state index contributed by atoms with van der Waals surface area (Å²) in [4.78, 5) is 7.59. The Morgan fingerprint density at radius 1 is 0.424 bits per heavy atom. The SMILES string of the molecule is c1ccc(-c2cnc(-c3ccccc3)c3c(-c4ccccc4)sc(-c4ccccc4)c23)cc1.